The molecule has 1 atom stereocenters. The number of thiazole rings is 1. The van der Waals surface area contributed by atoms with Crippen LogP contribution in [0.2, 0.25) is 0 Å². The molecule has 1 aromatic rings. The van der Waals surface area contributed by atoms with E-state index >= 15 is 0 Å². The number of nitrogens with zero attached hydrogens (tertiary/aromatic N) is 3. The average molecular weight is 465 g/mol. The number of rotatable bonds is 6. The number of aromatic nitrogens is 1. The highest BCUT2D eigenvalue weighted by molar-refractivity contribution is 14.0. The molecular weight excluding hydrogens is 433 g/mol. The lowest BCUT2D eigenvalue weighted by molar-refractivity contribution is 0.171. The number of guanidine groups is 1. The second-order valence-electron chi connectivity index (χ2n) is 6.60. The average Bonchev–Trinajstić information content (AvgIpc) is 2.96. The van der Waals surface area contributed by atoms with Crippen molar-refractivity contribution in [3.8, 4) is 0 Å². The van der Waals surface area contributed by atoms with Gasteiger partial charge in [-0.25, -0.2) is 4.98 Å². The van der Waals surface area contributed by atoms with Gasteiger partial charge in [-0.1, -0.05) is 19.3 Å². The maximum Gasteiger partial charge on any atom is 0.191 e. The Balaban J connectivity index is 0.00000288. The molecule has 1 fully saturated rings. The van der Waals surface area contributed by atoms with E-state index in [2.05, 4.69) is 46.5 Å². The summed E-state index contributed by atoms with van der Waals surface area (Å²) in [6, 6.07) is 0.566. The smallest absolute Gasteiger partial charge is 0.191 e. The van der Waals surface area contributed by atoms with Crippen LogP contribution in [0.5, 0.6) is 0 Å². The number of hydrogen-bond acceptors (Lipinski definition) is 4. The Morgan fingerprint density at radius 3 is 2.58 bits per heavy atom. The minimum Gasteiger partial charge on any atom is -0.355 e. The third-order valence-electron chi connectivity index (χ3n) is 4.64. The molecule has 2 N–H and O–H groups in total. The lowest BCUT2D eigenvalue weighted by Crippen LogP contribution is -2.48. The van der Waals surface area contributed by atoms with Gasteiger partial charge in [-0.3, -0.25) is 4.99 Å². The summed E-state index contributed by atoms with van der Waals surface area (Å²) in [5.74, 6) is 1.66. The first-order valence-electron chi connectivity index (χ1n) is 8.62. The third-order valence-corrected chi connectivity index (χ3v) is 5.55. The summed E-state index contributed by atoms with van der Waals surface area (Å²) < 4.78 is 0. The standard InChI is InChI=1S/C17H31N5S.HI/c1-13-10-19-16(23-13)12-21-17(18-2)20-11-15(22(3)4)14-8-6-5-7-9-14;/h10,14-15H,5-9,11-12H2,1-4H3,(H2,18,20,21);1H. The highest BCUT2D eigenvalue weighted by atomic mass is 127. The SMILES string of the molecule is CN=C(NCc1ncc(C)s1)NCC(C1CCCCC1)N(C)C.I. The highest BCUT2D eigenvalue weighted by Gasteiger charge is 2.25. The molecule has 0 spiro atoms. The van der Waals surface area contributed by atoms with Gasteiger partial charge in [0.1, 0.15) is 5.01 Å². The Hall–Kier alpha value is -0.410. The number of aliphatic imine (C=N–C) groups is 1. The van der Waals surface area contributed by atoms with Gasteiger partial charge in [-0.15, -0.1) is 35.3 Å². The Morgan fingerprint density at radius 2 is 2.04 bits per heavy atom. The van der Waals surface area contributed by atoms with Crippen molar-refractivity contribution in [2.75, 3.05) is 27.7 Å². The molecule has 0 bridgehead atoms. The van der Waals surface area contributed by atoms with Crippen LogP contribution in [0, 0.1) is 12.8 Å². The van der Waals surface area contributed by atoms with Gasteiger partial charge in [0, 0.05) is 30.7 Å². The molecule has 0 saturated heterocycles. The fourth-order valence-electron chi connectivity index (χ4n) is 3.35. The first-order valence-corrected chi connectivity index (χ1v) is 9.44. The lowest BCUT2D eigenvalue weighted by Gasteiger charge is -2.35. The van der Waals surface area contributed by atoms with Crippen LogP contribution in [-0.2, 0) is 6.54 Å². The van der Waals surface area contributed by atoms with Gasteiger partial charge in [0.25, 0.3) is 0 Å². The highest BCUT2D eigenvalue weighted by Crippen LogP contribution is 2.28. The largest absolute Gasteiger partial charge is 0.355 e. The summed E-state index contributed by atoms with van der Waals surface area (Å²) in [4.78, 5) is 12.3. The van der Waals surface area contributed by atoms with Crippen molar-refractivity contribution in [2.24, 2.45) is 10.9 Å². The summed E-state index contributed by atoms with van der Waals surface area (Å²) in [6.45, 7) is 3.75. The molecule has 1 aromatic heterocycles. The minimum absolute atomic E-state index is 0. The molecule has 7 heteroatoms. The summed E-state index contributed by atoms with van der Waals surface area (Å²) >= 11 is 1.73. The van der Waals surface area contributed by atoms with Gasteiger partial charge in [0.15, 0.2) is 5.96 Å². The van der Waals surface area contributed by atoms with E-state index in [1.807, 2.05) is 13.2 Å². The predicted molar refractivity (Wildman–Crippen MR) is 115 cm³/mol. The Kier molecular flexibility index (Phi) is 10.1. The normalized spacial score (nSPS) is 17.5. The van der Waals surface area contributed by atoms with Gasteiger partial charge in [0.05, 0.1) is 6.54 Å². The summed E-state index contributed by atoms with van der Waals surface area (Å²) in [7, 11) is 6.21. The van der Waals surface area contributed by atoms with Crippen molar-refractivity contribution in [2.45, 2.75) is 51.6 Å². The molecule has 1 unspecified atom stereocenters. The molecule has 1 saturated carbocycles. The van der Waals surface area contributed by atoms with Crippen LogP contribution in [0.25, 0.3) is 0 Å². The van der Waals surface area contributed by atoms with E-state index in [1.165, 1.54) is 37.0 Å². The fraction of sp³-hybridized carbons (Fsp3) is 0.765. The molecule has 0 amide bonds. The first-order chi connectivity index (χ1) is 11.1. The maximum absolute atomic E-state index is 4.38. The number of hydrogen-bond donors (Lipinski definition) is 2. The lowest BCUT2D eigenvalue weighted by atomic mass is 9.83. The summed E-state index contributed by atoms with van der Waals surface area (Å²) in [5, 5.41) is 7.96. The molecule has 1 aliphatic rings. The predicted octanol–water partition coefficient (Wildman–Crippen LogP) is 3.25. The molecule has 0 aliphatic heterocycles. The van der Waals surface area contributed by atoms with Crippen molar-refractivity contribution in [3.05, 3.63) is 16.1 Å². The molecule has 1 heterocycles. The molecule has 2 rings (SSSR count). The van der Waals surface area contributed by atoms with E-state index in [1.54, 1.807) is 11.3 Å². The molecular formula is C17H32IN5S. The van der Waals surface area contributed by atoms with Gasteiger partial charge >= 0.3 is 0 Å². The number of aryl methyl sites for hydroxylation is 1. The van der Waals surface area contributed by atoms with Crippen LogP contribution in [0.3, 0.4) is 0 Å². The van der Waals surface area contributed by atoms with E-state index in [9.17, 15) is 0 Å². The van der Waals surface area contributed by atoms with E-state index in [-0.39, 0.29) is 24.0 Å². The Labute approximate surface area is 167 Å². The van der Waals surface area contributed by atoms with Crippen molar-refractivity contribution in [3.63, 3.8) is 0 Å². The van der Waals surface area contributed by atoms with Crippen molar-refractivity contribution in [1.29, 1.82) is 0 Å². The van der Waals surface area contributed by atoms with E-state index in [0.29, 0.717) is 6.04 Å². The molecule has 24 heavy (non-hydrogen) atoms. The van der Waals surface area contributed by atoms with Gasteiger partial charge < -0.3 is 15.5 Å². The van der Waals surface area contributed by atoms with Crippen LogP contribution < -0.4 is 10.6 Å². The fourth-order valence-corrected chi connectivity index (χ4v) is 4.08. The quantitative estimate of drug-likeness (QED) is 0.385. The zero-order valence-electron chi connectivity index (χ0n) is 15.3. The molecule has 5 nitrogen and oxygen atoms in total. The summed E-state index contributed by atoms with van der Waals surface area (Å²) in [6.07, 6.45) is 8.80. The Bertz CT molecular complexity index is 497. The Morgan fingerprint density at radius 1 is 1.33 bits per heavy atom. The van der Waals surface area contributed by atoms with Crippen LogP contribution in [0.15, 0.2) is 11.2 Å². The number of halogens is 1. The van der Waals surface area contributed by atoms with Crippen LogP contribution in [0.4, 0.5) is 0 Å². The van der Waals surface area contributed by atoms with Gasteiger partial charge in [-0.05, 0) is 39.8 Å². The van der Waals surface area contributed by atoms with Gasteiger partial charge in [-0.2, -0.15) is 0 Å². The second-order valence-corrected chi connectivity index (χ2v) is 7.92. The maximum atomic E-state index is 4.38. The number of likely N-dealkylation sites (N-methyl/N-ethyl adjacent to an activating group) is 1. The zero-order valence-corrected chi connectivity index (χ0v) is 18.5. The van der Waals surface area contributed by atoms with E-state index < -0.39 is 0 Å². The molecule has 0 aromatic carbocycles. The van der Waals surface area contributed by atoms with Crippen molar-refractivity contribution < 1.29 is 0 Å². The van der Waals surface area contributed by atoms with Crippen molar-refractivity contribution in [1.82, 2.24) is 20.5 Å². The van der Waals surface area contributed by atoms with Crippen molar-refractivity contribution >= 4 is 41.3 Å². The van der Waals surface area contributed by atoms with E-state index in [4.69, 9.17) is 0 Å². The van der Waals surface area contributed by atoms with Gasteiger partial charge in [0.2, 0.25) is 0 Å². The van der Waals surface area contributed by atoms with Crippen LogP contribution >= 0.6 is 35.3 Å². The van der Waals surface area contributed by atoms with Crippen LogP contribution in [-0.4, -0.2) is 49.6 Å². The van der Waals surface area contributed by atoms with Crippen LogP contribution in [0.1, 0.15) is 42.0 Å². The molecule has 0 radical (unpaired) electrons. The monoisotopic (exact) mass is 465 g/mol. The molecule has 138 valence electrons. The third kappa shape index (κ3) is 6.84. The van der Waals surface area contributed by atoms with E-state index in [0.717, 1.165) is 30.0 Å². The molecule has 1 aliphatic carbocycles. The first kappa shape index (κ1) is 21.6. The minimum atomic E-state index is 0. The zero-order chi connectivity index (χ0) is 16.7. The summed E-state index contributed by atoms with van der Waals surface area (Å²) in [5.41, 5.74) is 0. The topological polar surface area (TPSA) is 52.6 Å². The number of nitrogens with one attached hydrogen (secondary N) is 2. The second kappa shape index (κ2) is 11.3.